The van der Waals surface area contributed by atoms with Crippen molar-refractivity contribution in [1.82, 2.24) is 15.1 Å². The zero-order valence-electron chi connectivity index (χ0n) is 14.6. The molecule has 1 amide bonds. The third-order valence-corrected chi connectivity index (χ3v) is 4.61. The van der Waals surface area contributed by atoms with Crippen molar-refractivity contribution in [2.24, 2.45) is 13.0 Å². The summed E-state index contributed by atoms with van der Waals surface area (Å²) in [6, 6.07) is 4.88. The van der Waals surface area contributed by atoms with E-state index in [2.05, 4.69) is 10.4 Å². The largest absolute Gasteiger partial charge is 0.497 e. The summed E-state index contributed by atoms with van der Waals surface area (Å²) in [5.41, 5.74) is 1.40. The summed E-state index contributed by atoms with van der Waals surface area (Å²) in [7, 11) is 4.93. The summed E-state index contributed by atoms with van der Waals surface area (Å²) in [6.07, 6.45) is 4.68. The summed E-state index contributed by atoms with van der Waals surface area (Å²) in [5, 5.41) is 16.9. The van der Waals surface area contributed by atoms with Crippen LogP contribution in [0.2, 0.25) is 0 Å². The summed E-state index contributed by atoms with van der Waals surface area (Å²) in [4.78, 5) is 12.8. The Hall–Kier alpha value is -2.54. The second-order valence-corrected chi connectivity index (χ2v) is 6.39. The maximum Gasteiger partial charge on any atom is 0.252 e. The molecule has 0 bridgehead atoms. The van der Waals surface area contributed by atoms with E-state index >= 15 is 0 Å². The molecule has 0 radical (unpaired) electrons. The van der Waals surface area contributed by atoms with Crippen molar-refractivity contribution >= 4 is 5.91 Å². The first kappa shape index (κ1) is 17.3. The van der Waals surface area contributed by atoms with Crippen molar-refractivity contribution in [3.05, 3.63) is 41.7 Å². The monoisotopic (exact) mass is 345 g/mol. The Balaban J connectivity index is 1.83. The molecule has 1 aliphatic carbocycles. The van der Waals surface area contributed by atoms with E-state index in [1.165, 1.54) is 0 Å². The van der Waals surface area contributed by atoms with Crippen LogP contribution >= 0.6 is 0 Å². The lowest BCUT2D eigenvalue weighted by Crippen LogP contribution is -2.41. The highest BCUT2D eigenvalue weighted by Gasteiger charge is 2.36. The van der Waals surface area contributed by atoms with Crippen LogP contribution in [0.5, 0.6) is 11.5 Å². The Kier molecular flexibility index (Phi) is 4.94. The Morgan fingerprint density at radius 2 is 1.92 bits per heavy atom. The lowest BCUT2D eigenvalue weighted by atomic mass is 9.75. The number of ether oxygens (including phenoxy) is 2. The van der Waals surface area contributed by atoms with Crippen molar-refractivity contribution in [1.29, 1.82) is 0 Å². The second kappa shape index (κ2) is 7.14. The maximum atomic E-state index is 12.8. The highest BCUT2D eigenvalue weighted by Crippen LogP contribution is 2.38. The van der Waals surface area contributed by atoms with Crippen molar-refractivity contribution in [2.45, 2.75) is 25.0 Å². The van der Waals surface area contributed by atoms with Crippen LogP contribution < -0.4 is 14.8 Å². The SMILES string of the molecule is COc1cc(OC)cc(C(=O)N[C@H](c2cnn(C)c2)C2CC(O)C2)c1. The number of methoxy groups -OCH3 is 2. The van der Waals surface area contributed by atoms with Crippen LogP contribution in [0.15, 0.2) is 30.6 Å². The van der Waals surface area contributed by atoms with Crippen molar-refractivity contribution in [2.75, 3.05) is 14.2 Å². The molecule has 1 atom stereocenters. The molecule has 0 saturated heterocycles. The summed E-state index contributed by atoms with van der Waals surface area (Å²) >= 11 is 0. The number of amides is 1. The molecule has 1 heterocycles. The van der Waals surface area contributed by atoms with Crippen molar-refractivity contribution < 1.29 is 19.4 Å². The zero-order chi connectivity index (χ0) is 18.0. The number of aliphatic hydroxyl groups is 1. The van der Waals surface area contributed by atoms with Gasteiger partial charge in [-0.1, -0.05) is 0 Å². The molecule has 3 rings (SSSR count). The minimum Gasteiger partial charge on any atom is -0.497 e. The number of nitrogens with one attached hydrogen (secondary N) is 1. The van der Waals surface area contributed by atoms with Crippen molar-refractivity contribution in [3.8, 4) is 11.5 Å². The number of hydrogen-bond acceptors (Lipinski definition) is 5. The molecule has 2 N–H and O–H groups in total. The minimum absolute atomic E-state index is 0.190. The Labute approximate surface area is 146 Å². The van der Waals surface area contributed by atoms with Crippen LogP contribution in [0, 0.1) is 5.92 Å². The molecule has 0 unspecified atom stereocenters. The number of benzene rings is 1. The fourth-order valence-corrected chi connectivity index (χ4v) is 3.14. The molecule has 7 heteroatoms. The lowest BCUT2D eigenvalue weighted by Gasteiger charge is -2.37. The van der Waals surface area contributed by atoms with Crippen LogP contribution in [0.25, 0.3) is 0 Å². The van der Waals surface area contributed by atoms with Gasteiger partial charge in [-0.05, 0) is 30.9 Å². The summed E-state index contributed by atoms with van der Waals surface area (Å²) in [6.45, 7) is 0. The molecule has 7 nitrogen and oxygen atoms in total. The maximum absolute atomic E-state index is 12.8. The number of carbonyl (C=O) groups excluding carboxylic acids is 1. The van der Waals surface area contributed by atoms with E-state index in [-0.39, 0.29) is 24.0 Å². The van der Waals surface area contributed by atoms with Gasteiger partial charge in [-0.15, -0.1) is 0 Å². The molecule has 0 spiro atoms. The van der Waals surface area contributed by atoms with Gasteiger partial charge in [0.15, 0.2) is 0 Å². The fraction of sp³-hybridized carbons (Fsp3) is 0.444. The van der Waals surface area contributed by atoms with Gasteiger partial charge < -0.3 is 19.9 Å². The number of nitrogens with zero attached hydrogens (tertiary/aromatic N) is 2. The molecule has 1 saturated carbocycles. The third kappa shape index (κ3) is 3.76. The molecule has 25 heavy (non-hydrogen) atoms. The van der Waals surface area contributed by atoms with E-state index in [1.807, 2.05) is 13.2 Å². The highest BCUT2D eigenvalue weighted by molar-refractivity contribution is 5.95. The molecule has 0 aliphatic heterocycles. The topological polar surface area (TPSA) is 85.6 Å². The molecule has 1 aromatic heterocycles. The number of carbonyl (C=O) groups is 1. The fourth-order valence-electron chi connectivity index (χ4n) is 3.14. The first-order valence-electron chi connectivity index (χ1n) is 8.20. The molecule has 1 aromatic carbocycles. The van der Waals surface area contributed by atoms with Gasteiger partial charge in [0.2, 0.25) is 0 Å². The van der Waals surface area contributed by atoms with Gasteiger partial charge >= 0.3 is 0 Å². The van der Waals surface area contributed by atoms with Gasteiger partial charge in [0.1, 0.15) is 11.5 Å². The molecular formula is C18H23N3O4. The van der Waals surface area contributed by atoms with Crippen molar-refractivity contribution in [3.63, 3.8) is 0 Å². The van der Waals surface area contributed by atoms with Crippen LogP contribution in [-0.4, -0.2) is 41.1 Å². The number of hydrogen-bond donors (Lipinski definition) is 2. The van der Waals surface area contributed by atoms with Gasteiger partial charge in [-0.25, -0.2) is 0 Å². The Morgan fingerprint density at radius 1 is 1.28 bits per heavy atom. The average molecular weight is 345 g/mol. The molecular weight excluding hydrogens is 322 g/mol. The summed E-state index contributed by atoms with van der Waals surface area (Å²) < 4.78 is 12.2. The number of aryl methyl sites for hydroxylation is 1. The smallest absolute Gasteiger partial charge is 0.252 e. The average Bonchev–Trinajstić information content (AvgIpc) is 3.02. The summed E-state index contributed by atoms with van der Waals surface area (Å²) in [5.74, 6) is 1.09. The van der Waals surface area contributed by atoms with Crippen LogP contribution in [0.4, 0.5) is 0 Å². The van der Waals surface area contributed by atoms with Gasteiger partial charge in [-0.3, -0.25) is 9.48 Å². The van der Waals surface area contributed by atoms with Crippen LogP contribution in [0.3, 0.4) is 0 Å². The van der Waals surface area contributed by atoms with Crippen LogP contribution in [-0.2, 0) is 7.05 Å². The molecule has 1 fully saturated rings. The van der Waals surface area contributed by atoms with E-state index in [1.54, 1.807) is 43.3 Å². The normalized spacial score (nSPS) is 20.5. The van der Waals surface area contributed by atoms with Gasteiger partial charge in [0.05, 0.1) is 32.6 Å². The van der Waals surface area contributed by atoms with Crippen LogP contribution in [0.1, 0.15) is 34.8 Å². The predicted octanol–water partition coefficient (Wildman–Crippen LogP) is 1.68. The third-order valence-electron chi connectivity index (χ3n) is 4.61. The van der Waals surface area contributed by atoms with E-state index in [0.717, 1.165) is 5.56 Å². The van der Waals surface area contributed by atoms with Gasteiger partial charge in [0.25, 0.3) is 5.91 Å². The number of aromatic nitrogens is 2. The minimum atomic E-state index is -0.294. The first-order chi connectivity index (χ1) is 12.0. The lowest BCUT2D eigenvalue weighted by molar-refractivity contribution is 0.0235. The highest BCUT2D eigenvalue weighted by atomic mass is 16.5. The molecule has 1 aliphatic rings. The number of aliphatic hydroxyl groups excluding tert-OH is 1. The van der Waals surface area contributed by atoms with E-state index < -0.39 is 0 Å². The van der Waals surface area contributed by atoms with E-state index in [0.29, 0.717) is 29.9 Å². The molecule has 134 valence electrons. The second-order valence-electron chi connectivity index (χ2n) is 6.39. The van der Waals surface area contributed by atoms with E-state index in [4.69, 9.17) is 9.47 Å². The predicted molar refractivity (Wildman–Crippen MR) is 91.7 cm³/mol. The Morgan fingerprint density at radius 3 is 2.40 bits per heavy atom. The first-order valence-corrected chi connectivity index (χ1v) is 8.20. The van der Waals surface area contributed by atoms with E-state index in [9.17, 15) is 9.90 Å². The standard InChI is InChI=1S/C18H23N3O4/c1-21-10-13(9-19-21)17(11-4-14(22)5-11)20-18(23)12-6-15(24-2)8-16(7-12)25-3/h6-11,14,17,22H,4-5H2,1-3H3,(H,20,23)/t11?,14?,17-/m0/s1. The number of rotatable bonds is 6. The van der Waals surface area contributed by atoms with Gasteiger partial charge in [0, 0.05) is 30.4 Å². The Bertz CT molecular complexity index is 730. The quantitative estimate of drug-likeness (QED) is 0.832. The van der Waals surface area contributed by atoms with Gasteiger partial charge in [-0.2, -0.15) is 5.10 Å². The zero-order valence-corrected chi connectivity index (χ0v) is 14.6. The molecule has 2 aromatic rings.